The van der Waals surface area contributed by atoms with E-state index in [2.05, 4.69) is 10.3 Å². The highest BCUT2D eigenvalue weighted by Crippen LogP contribution is 2.28. The van der Waals surface area contributed by atoms with Crippen molar-refractivity contribution in [3.05, 3.63) is 22.5 Å². The second-order valence-electron chi connectivity index (χ2n) is 6.08. The number of halogens is 1. The van der Waals surface area contributed by atoms with Crippen LogP contribution in [0.5, 0.6) is 0 Å². The van der Waals surface area contributed by atoms with Crippen molar-refractivity contribution in [2.45, 2.75) is 51.7 Å². The van der Waals surface area contributed by atoms with E-state index in [1.165, 1.54) is 6.92 Å². The van der Waals surface area contributed by atoms with Gasteiger partial charge in [-0.15, -0.1) is 0 Å². The fraction of sp³-hybridized carbons (Fsp3) is 0.667. The first-order valence-corrected chi connectivity index (χ1v) is 7.98. The van der Waals surface area contributed by atoms with Crippen LogP contribution in [0.3, 0.4) is 0 Å². The van der Waals surface area contributed by atoms with Gasteiger partial charge < -0.3 is 19.7 Å². The molecule has 5 atom stereocenters. The fourth-order valence-corrected chi connectivity index (χ4v) is 2.24. The highest BCUT2D eigenvalue weighted by atomic mass is 19.1. The van der Waals surface area contributed by atoms with E-state index in [1.54, 1.807) is 0 Å². The van der Waals surface area contributed by atoms with Crippen LogP contribution in [-0.4, -0.2) is 50.8 Å². The number of hydrogen-bond donors (Lipinski definition) is 3. The quantitative estimate of drug-likeness (QED) is 0.704. The number of nitrogens with one attached hydrogen (secondary N) is 1. The third-order valence-corrected chi connectivity index (χ3v) is 4.07. The molecule has 1 aromatic heterocycles. The molecule has 1 unspecified atom stereocenters. The van der Waals surface area contributed by atoms with Gasteiger partial charge >= 0.3 is 11.8 Å². The molecule has 25 heavy (non-hydrogen) atoms. The third kappa shape index (κ3) is 4.33. The van der Waals surface area contributed by atoms with E-state index in [0.717, 1.165) is 17.2 Å². The Kier molecular flexibility index (Phi) is 6.09. The molecule has 0 aliphatic carbocycles. The van der Waals surface area contributed by atoms with Crippen LogP contribution in [0.1, 0.15) is 33.4 Å². The minimum Gasteiger partial charge on any atom is -0.449 e. The van der Waals surface area contributed by atoms with Crippen LogP contribution in [0.25, 0.3) is 0 Å². The number of carbonyl (C=O) groups is 1. The van der Waals surface area contributed by atoms with Crippen molar-refractivity contribution in [3.63, 3.8) is 0 Å². The van der Waals surface area contributed by atoms with Gasteiger partial charge in [0.1, 0.15) is 12.2 Å². The van der Waals surface area contributed by atoms with Crippen molar-refractivity contribution in [3.8, 4) is 0 Å². The van der Waals surface area contributed by atoms with E-state index in [-0.39, 0.29) is 12.5 Å². The smallest absolute Gasteiger partial charge is 0.412 e. The lowest BCUT2D eigenvalue weighted by Crippen LogP contribution is -2.36. The molecule has 140 valence electrons. The molecule has 1 fully saturated rings. The van der Waals surface area contributed by atoms with Crippen LogP contribution in [0, 0.1) is 11.7 Å². The SMILES string of the molecule is CCC(C)COC(=O)Nc1nc(=O)n([C@H]2O[C@@H](C)[C@H](O)[C@@H]2O)cc1F. The Hall–Kier alpha value is -2.04. The fourth-order valence-electron chi connectivity index (χ4n) is 2.24. The van der Waals surface area contributed by atoms with Crippen LogP contribution in [-0.2, 0) is 9.47 Å². The molecule has 0 spiro atoms. The lowest BCUT2D eigenvalue weighted by atomic mass is 10.1. The molecule has 0 radical (unpaired) electrons. The largest absolute Gasteiger partial charge is 0.449 e. The predicted octanol–water partition coefficient (Wildman–Crippen LogP) is 0.616. The van der Waals surface area contributed by atoms with Crippen molar-refractivity contribution < 1.29 is 28.9 Å². The maximum atomic E-state index is 14.1. The van der Waals surface area contributed by atoms with E-state index in [1.807, 2.05) is 13.8 Å². The molecule has 2 heterocycles. The summed E-state index contributed by atoms with van der Waals surface area (Å²) in [6.07, 6.45) is -4.00. The average molecular weight is 359 g/mol. The molecule has 10 heteroatoms. The van der Waals surface area contributed by atoms with Crippen molar-refractivity contribution in [1.29, 1.82) is 0 Å². The number of rotatable bonds is 5. The summed E-state index contributed by atoms with van der Waals surface area (Å²) in [7, 11) is 0. The Morgan fingerprint density at radius 2 is 2.20 bits per heavy atom. The summed E-state index contributed by atoms with van der Waals surface area (Å²) in [5.41, 5.74) is -0.955. The molecule has 1 aromatic rings. The first-order valence-electron chi connectivity index (χ1n) is 7.98. The Morgan fingerprint density at radius 3 is 2.76 bits per heavy atom. The van der Waals surface area contributed by atoms with Crippen LogP contribution >= 0.6 is 0 Å². The Labute approximate surface area is 143 Å². The van der Waals surface area contributed by atoms with Crippen LogP contribution in [0.2, 0.25) is 0 Å². The maximum Gasteiger partial charge on any atom is 0.412 e. The number of anilines is 1. The van der Waals surface area contributed by atoms with Gasteiger partial charge in [-0.2, -0.15) is 4.98 Å². The highest BCUT2D eigenvalue weighted by molar-refractivity contribution is 5.83. The van der Waals surface area contributed by atoms with Crippen molar-refractivity contribution in [2.75, 3.05) is 11.9 Å². The van der Waals surface area contributed by atoms with Gasteiger partial charge in [0, 0.05) is 0 Å². The Balaban J connectivity index is 2.12. The molecule has 3 N–H and O–H groups in total. The molecule has 1 saturated heterocycles. The molecule has 0 bridgehead atoms. The van der Waals surface area contributed by atoms with E-state index in [9.17, 15) is 24.2 Å². The molecular formula is C15H22FN3O6. The van der Waals surface area contributed by atoms with Crippen molar-refractivity contribution >= 4 is 11.9 Å². The van der Waals surface area contributed by atoms with Gasteiger partial charge in [0.05, 0.1) is 18.9 Å². The highest BCUT2D eigenvalue weighted by Gasteiger charge is 2.42. The van der Waals surface area contributed by atoms with Gasteiger partial charge in [-0.1, -0.05) is 20.3 Å². The van der Waals surface area contributed by atoms with Crippen molar-refractivity contribution in [1.82, 2.24) is 9.55 Å². The van der Waals surface area contributed by atoms with Gasteiger partial charge in [-0.05, 0) is 12.8 Å². The topological polar surface area (TPSA) is 123 Å². The summed E-state index contributed by atoms with van der Waals surface area (Å²) in [5, 5.41) is 21.6. The average Bonchev–Trinajstić information content (AvgIpc) is 2.83. The number of amides is 1. The zero-order valence-electron chi connectivity index (χ0n) is 14.2. The number of aliphatic hydroxyl groups excluding tert-OH is 2. The van der Waals surface area contributed by atoms with Gasteiger partial charge in [0.25, 0.3) is 0 Å². The number of hydrogen-bond acceptors (Lipinski definition) is 7. The second kappa shape index (κ2) is 7.89. The number of aliphatic hydroxyl groups is 2. The lowest BCUT2D eigenvalue weighted by molar-refractivity contribution is -0.0355. The number of carbonyl (C=O) groups excluding carboxylic acids is 1. The molecule has 0 aromatic carbocycles. The zero-order chi connectivity index (χ0) is 18.7. The van der Waals surface area contributed by atoms with Gasteiger partial charge in [0.15, 0.2) is 17.9 Å². The number of nitrogens with zero attached hydrogens (tertiary/aromatic N) is 2. The maximum absolute atomic E-state index is 14.1. The van der Waals surface area contributed by atoms with E-state index in [0.29, 0.717) is 0 Å². The minimum absolute atomic E-state index is 0.144. The molecule has 2 rings (SSSR count). The Morgan fingerprint density at radius 1 is 1.52 bits per heavy atom. The molecule has 1 amide bonds. The molecular weight excluding hydrogens is 337 g/mol. The van der Waals surface area contributed by atoms with Crippen LogP contribution in [0.4, 0.5) is 15.0 Å². The van der Waals surface area contributed by atoms with Crippen LogP contribution in [0.15, 0.2) is 11.0 Å². The molecule has 1 aliphatic rings. The monoisotopic (exact) mass is 359 g/mol. The van der Waals surface area contributed by atoms with Gasteiger partial charge in [-0.25, -0.2) is 14.0 Å². The second-order valence-corrected chi connectivity index (χ2v) is 6.08. The van der Waals surface area contributed by atoms with E-state index in [4.69, 9.17) is 9.47 Å². The third-order valence-electron chi connectivity index (χ3n) is 4.07. The Bertz CT molecular complexity index is 682. The number of aromatic nitrogens is 2. The summed E-state index contributed by atoms with van der Waals surface area (Å²) in [5.74, 6) is -1.45. The standard InChI is InChI=1S/C15H22FN3O6/c1-4-7(2)6-24-15(23)18-12-9(16)5-19(14(22)17-12)13-11(21)10(20)8(3)25-13/h5,7-8,10-11,13,20-21H,4,6H2,1-3H3,(H,17,18,22,23)/t7?,8-,10-,11-,13-/m0/s1. The van der Waals surface area contributed by atoms with E-state index < -0.39 is 48.0 Å². The normalized spacial score (nSPS) is 27.1. The summed E-state index contributed by atoms with van der Waals surface area (Å²) >= 11 is 0. The summed E-state index contributed by atoms with van der Waals surface area (Å²) in [6, 6.07) is 0. The predicted molar refractivity (Wildman–Crippen MR) is 84.5 cm³/mol. The zero-order valence-corrected chi connectivity index (χ0v) is 14.2. The summed E-state index contributed by atoms with van der Waals surface area (Å²) in [6.45, 7) is 5.48. The minimum atomic E-state index is -1.41. The summed E-state index contributed by atoms with van der Waals surface area (Å²) in [4.78, 5) is 27.1. The molecule has 1 aliphatic heterocycles. The molecule has 9 nitrogen and oxygen atoms in total. The first-order chi connectivity index (χ1) is 11.7. The lowest BCUT2D eigenvalue weighted by Gasteiger charge is -2.17. The summed E-state index contributed by atoms with van der Waals surface area (Å²) < 4.78 is 25.0. The van der Waals surface area contributed by atoms with Crippen molar-refractivity contribution in [2.24, 2.45) is 5.92 Å². The van der Waals surface area contributed by atoms with Gasteiger partial charge in [0.2, 0.25) is 0 Å². The van der Waals surface area contributed by atoms with Gasteiger partial charge in [-0.3, -0.25) is 9.88 Å². The first kappa shape index (κ1) is 19.3. The number of ether oxygens (including phenoxy) is 2. The molecule has 0 saturated carbocycles. The van der Waals surface area contributed by atoms with E-state index >= 15 is 0 Å². The van der Waals surface area contributed by atoms with Crippen LogP contribution < -0.4 is 11.0 Å².